The van der Waals surface area contributed by atoms with Crippen LogP contribution >= 0.6 is 22.6 Å². The van der Waals surface area contributed by atoms with E-state index in [4.69, 9.17) is 0 Å². The highest BCUT2D eigenvalue weighted by Crippen LogP contribution is 2.24. The van der Waals surface area contributed by atoms with Crippen molar-refractivity contribution in [1.29, 1.82) is 0 Å². The molecule has 0 amide bonds. The van der Waals surface area contributed by atoms with E-state index in [9.17, 15) is 0 Å². The molecule has 4 nitrogen and oxygen atoms in total. The third kappa shape index (κ3) is 1.80. The van der Waals surface area contributed by atoms with E-state index in [1.165, 1.54) is 0 Å². The Balaban J connectivity index is 2.33. The van der Waals surface area contributed by atoms with E-state index in [1.54, 1.807) is 6.20 Å². The van der Waals surface area contributed by atoms with Crippen molar-refractivity contribution in [1.82, 2.24) is 19.4 Å². The second kappa shape index (κ2) is 4.06. The first-order valence-electron chi connectivity index (χ1n) is 5.18. The molecule has 3 aromatic heterocycles. The van der Waals surface area contributed by atoms with Gasteiger partial charge >= 0.3 is 0 Å². The first-order chi connectivity index (χ1) is 8.25. The van der Waals surface area contributed by atoms with E-state index in [0.717, 1.165) is 26.6 Å². The SMILES string of the molecule is Cc1nccc(-c2c(I)nc3ccccn23)n1. The molecule has 0 saturated heterocycles. The Hall–Kier alpha value is -1.50. The maximum Gasteiger partial charge on any atom is 0.138 e. The summed E-state index contributed by atoms with van der Waals surface area (Å²) in [5.74, 6) is 0.768. The first kappa shape index (κ1) is 10.6. The van der Waals surface area contributed by atoms with E-state index < -0.39 is 0 Å². The molecule has 0 bridgehead atoms. The van der Waals surface area contributed by atoms with Gasteiger partial charge in [-0.2, -0.15) is 0 Å². The topological polar surface area (TPSA) is 43.1 Å². The number of hydrogen-bond acceptors (Lipinski definition) is 3. The molecule has 0 saturated carbocycles. The van der Waals surface area contributed by atoms with E-state index in [1.807, 2.05) is 41.8 Å². The zero-order valence-electron chi connectivity index (χ0n) is 9.13. The van der Waals surface area contributed by atoms with Gasteiger partial charge in [0.2, 0.25) is 0 Å². The van der Waals surface area contributed by atoms with Gasteiger partial charge in [-0.1, -0.05) is 6.07 Å². The van der Waals surface area contributed by atoms with Crippen LogP contribution in [0.4, 0.5) is 0 Å². The Bertz CT molecular complexity index is 690. The molecule has 3 heterocycles. The van der Waals surface area contributed by atoms with Gasteiger partial charge in [-0.05, 0) is 47.7 Å². The zero-order chi connectivity index (χ0) is 11.8. The smallest absolute Gasteiger partial charge is 0.138 e. The molecule has 0 aliphatic carbocycles. The second-order valence-electron chi connectivity index (χ2n) is 3.67. The van der Waals surface area contributed by atoms with Gasteiger partial charge in [-0.15, -0.1) is 0 Å². The van der Waals surface area contributed by atoms with Gasteiger partial charge in [0.1, 0.15) is 20.9 Å². The van der Waals surface area contributed by atoms with E-state index in [0.29, 0.717) is 0 Å². The van der Waals surface area contributed by atoms with E-state index >= 15 is 0 Å². The number of halogens is 1. The molecule has 0 aromatic carbocycles. The molecular weight excluding hydrogens is 327 g/mol. The molecule has 0 unspecified atom stereocenters. The van der Waals surface area contributed by atoms with Crippen LogP contribution < -0.4 is 0 Å². The Morgan fingerprint density at radius 1 is 1.18 bits per heavy atom. The van der Waals surface area contributed by atoms with Crippen molar-refractivity contribution in [2.45, 2.75) is 6.92 Å². The molecule has 84 valence electrons. The van der Waals surface area contributed by atoms with Crippen molar-refractivity contribution in [3.8, 4) is 11.4 Å². The maximum absolute atomic E-state index is 4.51. The molecule has 3 rings (SSSR count). The van der Waals surface area contributed by atoms with Crippen molar-refractivity contribution >= 4 is 28.2 Å². The molecule has 0 aliphatic rings. The van der Waals surface area contributed by atoms with Crippen molar-refractivity contribution in [3.05, 3.63) is 46.2 Å². The van der Waals surface area contributed by atoms with Crippen molar-refractivity contribution in [3.63, 3.8) is 0 Å². The summed E-state index contributed by atoms with van der Waals surface area (Å²) in [5, 5.41) is 0. The molecule has 0 N–H and O–H groups in total. The minimum Gasteiger partial charge on any atom is -0.297 e. The molecule has 5 heteroatoms. The summed E-state index contributed by atoms with van der Waals surface area (Å²) in [6.07, 6.45) is 3.77. The van der Waals surface area contributed by atoms with Crippen LogP contribution in [0.25, 0.3) is 17.0 Å². The van der Waals surface area contributed by atoms with Gasteiger partial charge in [0.05, 0.1) is 5.69 Å². The van der Waals surface area contributed by atoms with Gasteiger partial charge < -0.3 is 0 Å². The lowest BCUT2D eigenvalue weighted by Gasteiger charge is -2.02. The number of nitrogens with zero attached hydrogens (tertiary/aromatic N) is 4. The summed E-state index contributed by atoms with van der Waals surface area (Å²) in [5.41, 5.74) is 2.86. The summed E-state index contributed by atoms with van der Waals surface area (Å²) in [7, 11) is 0. The van der Waals surface area contributed by atoms with Gasteiger partial charge in [0, 0.05) is 12.4 Å². The monoisotopic (exact) mass is 336 g/mol. The predicted octanol–water partition coefficient (Wildman–Crippen LogP) is 2.70. The van der Waals surface area contributed by atoms with Gasteiger partial charge in [-0.3, -0.25) is 4.40 Å². The molecular formula is C12H9IN4. The van der Waals surface area contributed by atoms with Crippen LogP contribution in [0.15, 0.2) is 36.7 Å². The molecule has 0 radical (unpaired) electrons. The van der Waals surface area contributed by atoms with Crippen molar-refractivity contribution in [2.75, 3.05) is 0 Å². The van der Waals surface area contributed by atoms with E-state index in [2.05, 4.69) is 37.5 Å². The second-order valence-corrected chi connectivity index (χ2v) is 4.69. The normalized spacial score (nSPS) is 10.9. The summed E-state index contributed by atoms with van der Waals surface area (Å²) >= 11 is 2.24. The number of fused-ring (bicyclic) bond motifs is 1. The number of aromatic nitrogens is 4. The minimum absolute atomic E-state index is 0.768. The fourth-order valence-electron chi connectivity index (χ4n) is 1.78. The van der Waals surface area contributed by atoms with Crippen LogP contribution in [0.5, 0.6) is 0 Å². The Morgan fingerprint density at radius 2 is 2.06 bits per heavy atom. The first-order valence-corrected chi connectivity index (χ1v) is 6.26. The standard InChI is InChI=1S/C12H9IN4/c1-8-14-6-5-9(15-8)11-12(13)16-10-4-2-3-7-17(10)11/h2-7H,1H3. The number of imidazole rings is 1. The van der Waals surface area contributed by atoms with Gasteiger partial charge in [0.25, 0.3) is 0 Å². The summed E-state index contributed by atoms with van der Waals surface area (Å²) < 4.78 is 3.00. The fraction of sp³-hybridized carbons (Fsp3) is 0.0833. The summed E-state index contributed by atoms with van der Waals surface area (Å²) in [4.78, 5) is 13.1. The molecule has 17 heavy (non-hydrogen) atoms. The number of rotatable bonds is 1. The van der Waals surface area contributed by atoms with Crippen LogP contribution in [-0.4, -0.2) is 19.4 Å². The lowest BCUT2D eigenvalue weighted by atomic mass is 10.3. The zero-order valence-corrected chi connectivity index (χ0v) is 11.3. The molecule has 0 atom stereocenters. The van der Waals surface area contributed by atoms with E-state index in [-0.39, 0.29) is 0 Å². The molecule has 0 spiro atoms. The lowest BCUT2D eigenvalue weighted by molar-refractivity contribution is 1.04. The van der Waals surface area contributed by atoms with Gasteiger partial charge in [0.15, 0.2) is 0 Å². The predicted molar refractivity (Wildman–Crippen MR) is 73.7 cm³/mol. The third-order valence-corrected chi connectivity index (χ3v) is 3.26. The Kier molecular flexibility index (Phi) is 2.54. The van der Waals surface area contributed by atoms with Crippen LogP contribution in [0.3, 0.4) is 0 Å². The molecule has 0 fully saturated rings. The van der Waals surface area contributed by atoms with Crippen LogP contribution in [0.2, 0.25) is 0 Å². The van der Waals surface area contributed by atoms with Crippen molar-refractivity contribution in [2.24, 2.45) is 0 Å². The third-order valence-electron chi connectivity index (χ3n) is 2.51. The Morgan fingerprint density at radius 3 is 2.88 bits per heavy atom. The van der Waals surface area contributed by atoms with Crippen LogP contribution in [0, 0.1) is 10.6 Å². The highest BCUT2D eigenvalue weighted by Gasteiger charge is 2.12. The van der Waals surface area contributed by atoms with Gasteiger partial charge in [-0.25, -0.2) is 15.0 Å². The minimum atomic E-state index is 0.768. The summed E-state index contributed by atoms with van der Waals surface area (Å²) in [6, 6.07) is 7.86. The van der Waals surface area contributed by atoms with Crippen molar-refractivity contribution < 1.29 is 0 Å². The summed E-state index contributed by atoms with van der Waals surface area (Å²) in [6.45, 7) is 1.89. The quantitative estimate of drug-likeness (QED) is 0.642. The highest BCUT2D eigenvalue weighted by molar-refractivity contribution is 14.1. The number of hydrogen-bond donors (Lipinski definition) is 0. The average molecular weight is 336 g/mol. The molecule has 0 aliphatic heterocycles. The fourth-order valence-corrected chi connectivity index (χ4v) is 2.57. The average Bonchev–Trinajstić information content (AvgIpc) is 2.64. The highest BCUT2D eigenvalue weighted by atomic mass is 127. The van der Waals surface area contributed by atoms with Crippen LogP contribution in [-0.2, 0) is 0 Å². The number of aryl methyl sites for hydroxylation is 1. The number of pyridine rings is 1. The largest absolute Gasteiger partial charge is 0.297 e. The lowest BCUT2D eigenvalue weighted by Crippen LogP contribution is -1.94. The maximum atomic E-state index is 4.51. The van der Waals surface area contributed by atoms with Crippen LogP contribution in [0.1, 0.15) is 5.82 Å². The molecule has 3 aromatic rings. The Labute approximate surface area is 112 Å².